The van der Waals surface area contributed by atoms with Gasteiger partial charge in [-0.1, -0.05) is 46.3 Å². The maximum Gasteiger partial charge on any atom is 0.0933 e. The number of aryl methyl sites for hydroxylation is 2. The van der Waals surface area contributed by atoms with Crippen molar-refractivity contribution in [2.75, 3.05) is 0 Å². The Balaban J connectivity index is 1.83. The van der Waals surface area contributed by atoms with Gasteiger partial charge >= 0.3 is 0 Å². The smallest absolute Gasteiger partial charge is 0.0933 e. The monoisotopic (exact) mass is 376 g/mol. The van der Waals surface area contributed by atoms with Crippen LogP contribution in [-0.4, -0.2) is 0 Å². The molecule has 0 fully saturated rings. The van der Waals surface area contributed by atoms with Gasteiger partial charge in [0.25, 0.3) is 0 Å². The minimum Gasteiger partial charge on any atom is -0.143 e. The lowest BCUT2D eigenvalue weighted by atomic mass is 10.0. The molecule has 1 atom stereocenters. The van der Waals surface area contributed by atoms with Crippen molar-refractivity contribution in [2.45, 2.75) is 24.6 Å². The van der Waals surface area contributed by atoms with E-state index in [1.165, 1.54) is 50.9 Å². The number of thiophene rings is 1. The number of rotatable bonds is 2. The van der Waals surface area contributed by atoms with Gasteiger partial charge in [0.05, 0.1) is 5.38 Å². The Kier molecular flexibility index (Phi) is 3.56. The summed E-state index contributed by atoms with van der Waals surface area (Å²) in [4.78, 5) is 2.82. The van der Waals surface area contributed by atoms with Crippen molar-refractivity contribution < 1.29 is 0 Å². The van der Waals surface area contributed by atoms with Crippen molar-refractivity contribution in [3.8, 4) is 0 Å². The minimum absolute atomic E-state index is 0.0569. The van der Waals surface area contributed by atoms with Crippen LogP contribution in [0.3, 0.4) is 0 Å². The van der Waals surface area contributed by atoms with E-state index in [2.05, 4.69) is 58.4 Å². The van der Waals surface area contributed by atoms with Crippen molar-refractivity contribution in [1.82, 2.24) is 0 Å². The number of hydrogen-bond acceptors (Lipinski definition) is 1. The maximum absolute atomic E-state index is 6.82. The summed E-state index contributed by atoms with van der Waals surface area (Å²) in [7, 11) is 0. The van der Waals surface area contributed by atoms with Crippen molar-refractivity contribution in [3.05, 3.63) is 67.8 Å². The van der Waals surface area contributed by atoms with Crippen LogP contribution < -0.4 is 0 Å². The first kappa shape index (κ1) is 13.8. The second kappa shape index (κ2) is 5.42. The highest BCUT2D eigenvalue weighted by molar-refractivity contribution is 9.10. The molecule has 106 valence electrons. The summed E-state index contributed by atoms with van der Waals surface area (Å²) in [6.07, 6.45) is 3.75. The van der Waals surface area contributed by atoms with E-state index in [9.17, 15) is 0 Å². The van der Waals surface area contributed by atoms with E-state index in [4.69, 9.17) is 11.6 Å². The second-order valence-corrected chi connectivity index (χ2v) is 7.95. The standard InChI is InChI=1S/C18H14BrClS/c19-15-9-8-14(12-5-1-2-6-13(12)15)18(20)17-10-11-4-3-7-16(11)21-17/h1-2,5-6,8-10,18H,3-4,7H2. The molecule has 4 rings (SSSR count). The molecule has 0 aliphatic heterocycles. The third kappa shape index (κ3) is 2.34. The number of alkyl halides is 1. The maximum atomic E-state index is 6.82. The van der Waals surface area contributed by atoms with Gasteiger partial charge in [0.2, 0.25) is 0 Å². The van der Waals surface area contributed by atoms with Gasteiger partial charge in [-0.05, 0) is 53.3 Å². The predicted molar refractivity (Wildman–Crippen MR) is 95.7 cm³/mol. The summed E-state index contributed by atoms with van der Waals surface area (Å²) in [6, 6.07) is 15.0. The number of benzene rings is 2. The number of halogens is 2. The van der Waals surface area contributed by atoms with E-state index in [1.807, 2.05) is 11.3 Å². The predicted octanol–water partition coefficient (Wildman–Crippen LogP) is 6.48. The molecular weight excluding hydrogens is 364 g/mol. The fourth-order valence-electron chi connectivity index (χ4n) is 3.14. The number of hydrogen-bond donors (Lipinski definition) is 0. The van der Waals surface area contributed by atoms with Crippen molar-refractivity contribution >= 4 is 49.6 Å². The molecule has 3 heteroatoms. The molecule has 0 saturated carbocycles. The molecule has 1 aliphatic rings. The molecule has 0 radical (unpaired) electrons. The Morgan fingerprint density at radius 2 is 1.86 bits per heavy atom. The van der Waals surface area contributed by atoms with Gasteiger partial charge in [-0.3, -0.25) is 0 Å². The highest BCUT2D eigenvalue weighted by Gasteiger charge is 2.21. The van der Waals surface area contributed by atoms with E-state index >= 15 is 0 Å². The Hall–Kier alpha value is -0.830. The van der Waals surface area contributed by atoms with Crippen LogP contribution in [0.4, 0.5) is 0 Å². The van der Waals surface area contributed by atoms with Gasteiger partial charge in [0.15, 0.2) is 0 Å². The quantitative estimate of drug-likeness (QED) is 0.448. The van der Waals surface area contributed by atoms with E-state index in [0.29, 0.717) is 0 Å². The van der Waals surface area contributed by atoms with E-state index in [0.717, 1.165) is 4.47 Å². The lowest BCUT2D eigenvalue weighted by Crippen LogP contribution is -1.93. The Bertz CT molecular complexity index is 800. The van der Waals surface area contributed by atoms with Gasteiger partial charge in [-0.25, -0.2) is 0 Å². The Labute approximate surface area is 141 Å². The zero-order valence-electron chi connectivity index (χ0n) is 11.4. The van der Waals surface area contributed by atoms with Crippen LogP contribution in [0, 0.1) is 0 Å². The molecule has 1 unspecified atom stereocenters. The summed E-state index contributed by atoms with van der Waals surface area (Å²) >= 11 is 12.4. The molecule has 0 bridgehead atoms. The fourth-order valence-corrected chi connectivity index (χ4v) is 5.26. The van der Waals surface area contributed by atoms with Gasteiger partial charge < -0.3 is 0 Å². The SMILES string of the molecule is ClC(c1cc2c(s1)CCC2)c1ccc(Br)c2ccccc12. The molecule has 0 spiro atoms. The van der Waals surface area contributed by atoms with Crippen LogP contribution >= 0.6 is 38.9 Å². The minimum atomic E-state index is -0.0569. The number of fused-ring (bicyclic) bond motifs is 2. The molecule has 2 aromatic carbocycles. The molecule has 0 saturated heterocycles. The van der Waals surface area contributed by atoms with Crippen LogP contribution in [0.25, 0.3) is 10.8 Å². The Morgan fingerprint density at radius 3 is 2.67 bits per heavy atom. The molecule has 0 nitrogen and oxygen atoms in total. The zero-order valence-corrected chi connectivity index (χ0v) is 14.6. The van der Waals surface area contributed by atoms with Crippen LogP contribution in [0.1, 0.15) is 32.7 Å². The summed E-state index contributed by atoms with van der Waals surface area (Å²) < 4.78 is 1.12. The first-order valence-electron chi connectivity index (χ1n) is 7.17. The third-order valence-electron chi connectivity index (χ3n) is 4.19. The topological polar surface area (TPSA) is 0 Å². The van der Waals surface area contributed by atoms with Crippen molar-refractivity contribution in [3.63, 3.8) is 0 Å². The normalized spacial score (nSPS) is 15.3. The van der Waals surface area contributed by atoms with Gasteiger partial charge in [0, 0.05) is 14.2 Å². The molecule has 0 N–H and O–H groups in total. The second-order valence-electron chi connectivity index (χ2n) is 5.50. The fraction of sp³-hybridized carbons (Fsp3) is 0.222. The molecule has 1 aromatic heterocycles. The van der Waals surface area contributed by atoms with Gasteiger partial charge in [-0.2, -0.15) is 0 Å². The van der Waals surface area contributed by atoms with E-state index < -0.39 is 0 Å². The largest absolute Gasteiger partial charge is 0.143 e. The van der Waals surface area contributed by atoms with E-state index in [1.54, 1.807) is 0 Å². The van der Waals surface area contributed by atoms with Crippen molar-refractivity contribution in [2.24, 2.45) is 0 Å². The molecule has 1 heterocycles. The molecule has 21 heavy (non-hydrogen) atoms. The first-order chi connectivity index (χ1) is 10.2. The molecule has 1 aliphatic carbocycles. The van der Waals surface area contributed by atoms with Gasteiger partial charge in [0.1, 0.15) is 0 Å². The molecular formula is C18H14BrClS. The van der Waals surface area contributed by atoms with Crippen molar-refractivity contribution in [1.29, 1.82) is 0 Å². The van der Waals surface area contributed by atoms with Crippen LogP contribution in [0.2, 0.25) is 0 Å². The first-order valence-corrected chi connectivity index (χ1v) is 9.21. The molecule has 0 amide bonds. The summed E-state index contributed by atoms with van der Waals surface area (Å²) in [5.41, 5.74) is 2.72. The van der Waals surface area contributed by atoms with Gasteiger partial charge in [-0.15, -0.1) is 22.9 Å². The van der Waals surface area contributed by atoms with E-state index in [-0.39, 0.29) is 5.38 Å². The van der Waals surface area contributed by atoms with Crippen LogP contribution in [0.15, 0.2) is 46.9 Å². The van der Waals surface area contributed by atoms with Crippen LogP contribution in [0.5, 0.6) is 0 Å². The third-order valence-corrected chi connectivity index (χ3v) is 6.79. The lowest BCUT2D eigenvalue weighted by molar-refractivity contribution is 0.913. The molecule has 3 aromatic rings. The summed E-state index contributed by atoms with van der Waals surface area (Å²) in [6.45, 7) is 0. The summed E-state index contributed by atoms with van der Waals surface area (Å²) in [5.74, 6) is 0. The highest BCUT2D eigenvalue weighted by Crippen LogP contribution is 2.42. The lowest BCUT2D eigenvalue weighted by Gasteiger charge is -2.13. The van der Waals surface area contributed by atoms with Crippen LogP contribution in [-0.2, 0) is 12.8 Å². The average molecular weight is 378 g/mol. The average Bonchev–Trinajstić information content (AvgIpc) is 3.08. The Morgan fingerprint density at radius 1 is 1.05 bits per heavy atom. The highest BCUT2D eigenvalue weighted by atomic mass is 79.9. The zero-order chi connectivity index (χ0) is 14.4. The summed E-state index contributed by atoms with van der Waals surface area (Å²) in [5, 5.41) is 2.41.